The van der Waals surface area contributed by atoms with E-state index in [1.165, 1.54) is 0 Å². The van der Waals surface area contributed by atoms with E-state index in [1.54, 1.807) is 23.7 Å². The zero-order valence-electron chi connectivity index (χ0n) is 9.37. The average molecular weight is 333 g/mol. The summed E-state index contributed by atoms with van der Waals surface area (Å²) in [5.41, 5.74) is -0.266. The van der Waals surface area contributed by atoms with Crippen LogP contribution in [0.3, 0.4) is 0 Å². The van der Waals surface area contributed by atoms with Gasteiger partial charge in [-0.3, -0.25) is 0 Å². The number of anilines is 1. The number of halogens is 2. The van der Waals surface area contributed by atoms with Crippen LogP contribution in [0, 0.1) is 0 Å². The van der Waals surface area contributed by atoms with Gasteiger partial charge in [-0.15, -0.1) is 11.3 Å². The summed E-state index contributed by atoms with van der Waals surface area (Å²) in [4.78, 5) is 8.58. The third kappa shape index (κ3) is 2.97. The standard InChI is InChI=1S/C11H11BrClN3S/c1-11(2,10-14-3-4-17-10)16-9-8(12)5-7(13)6-15-9/h3-6H,1-2H3,(H,15,16). The fourth-order valence-corrected chi connectivity index (χ4v) is 2.84. The van der Waals surface area contributed by atoms with E-state index in [1.807, 2.05) is 11.4 Å². The molecule has 0 aromatic carbocycles. The van der Waals surface area contributed by atoms with Gasteiger partial charge in [0, 0.05) is 17.8 Å². The van der Waals surface area contributed by atoms with Crippen LogP contribution >= 0.6 is 38.9 Å². The molecule has 90 valence electrons. The Morgan fingerprint density at radius 1 is 1.41 bits per heavy atom. The zero-order valence-corrected chi connectivity index (χ0v) is 12.5. The lowest BCUT2D eigenvalue weighted by Gasteiger charge is -2.25. The first kappa shape index (κ1) is 12.8. The van der Waals surface area contributed by atoms with Crippen molar-refractivity contribution in [2.75, 3.05) is 5.32 Å². The average Bonchev–Trinajstić information content (AvgIpc) is 2.76. The van der Waals surface area contributed by atoms with Crippen molar-refractivity contribution in [1.82, 2.24) is 9.97 Å². The third-order valence-electron chi connectivity index (χ3n) is 2.21. The summed E-state index contributed by atoms with van der Waals surface area (Å²) in [6.07, 6.45) is 3.42. The van der Waals surface area contributed by atoms with Gasteiger partial charge in [-0.25, -0.2) is 9.97 Å². The van der Waals surface area contributed by atoms with Crippen molar-refractivity contribution in [2.45, 2.75) is 19.4 Å². The van der Waals surface area contributed by atoms with Crippen molar-refractivity contribution >= 4 is 44.7 Å². The van der Waals surface area contributed by atoms with Gasteiger partial charge in [0.1, 0.15) is 10.8 Å². The molecule has 0 unspecified atom stereocenters. The van der Waals surface area contributed by atoms with E-state index in [0.717, 1.165) is 15.3 Å². The molecular weight excluding hydrogens is 322 g/mol. The van der Waals surface area contributed by atoms with Gasteiger partial charge in [-0.05, 0) is 35.8 Å². The Labute approximate surface area is 117 Å². The van der Waals surface area contributed by atoms with Crippen molar-refractivity contribution in [3.63, 3.8) is 0 Å². The van der Waals surface area contributed by atoms with Gasteiger partial charge in [0.2, 0.25) is 0 Å². The smallest absolute Gasteiger partial charge is 0.141 e. The molecule has 0 aliphatic carbocycles. The summed E-state index contributed by atoms with van der Waals surface area (Å²) >= 11 is 10.9. The maximum absolute atomic E-state index is 5.86. The fraction of sp³-hybridized carbons (Fsp3) is 0.273. The lowest BCUT2D eigenvalue weighted by molar-refractivity contribution is 0.600. The zero-order chi connectivity index (χ0) is 12.5. The highest BCUT2D eigenvalue weighted by atomic mass is 79.9. The van der Waals surface area contributed by atoms with Crippen LogP contribution in [0.5, 0.6) is 0 Å². The molecule has 0 spiro atoms. The van der Waals surface area contributed by atoms with E-state index in [9.17, 15) is 0 Å². The molecule has 0 aliphatic heterocycles. The van der Waals surface area contributed by atoms with Gasteiger partial charge in [0.25, 0.3) is 0 Å². The molecule has 6 heteroatoms. The van der Waals surface area contributed by atoms with E-state index < -0.39 is 0 Å². The molecule has 0 atom stereocenters. The first-order chi connectivity index (χ1) is 7.99. The second-order valence-corrected chi connectivity index (χ2v) is 6.26. The number of rotatable bonds is 3. The molecule has 2 rings (SSSR count). The Balaban J connectivity index is 2.26. The minimum Gasteiger partial charge on any atom is -0.358 e. The van der Waals surface area contributed by atoms with E-state index in [0.29, 0.717) is 5.02 Å². The molecule has 0 amide bonds. The molecule has 0 bridgehead atoms. The Kier molecular flexibility index (Phi) is 3.70. The summed E-state index contributed by atoms with van der Waals surface area (Å²) in [5.74, 6) is 0.759. The topological polar surface area (TPSA) is 37.8 Å². The summed E-state index contributed by atoms with van der Waals surface area (Å²) in [7, 11) is 0. The van der Waals surface area contributed by atoms with Crippen LogP contribution in [0.25, 0.3) is 0 Å². The number of hydrogen-bond donors (Lipinski definition) is 1. The maximum Gasteiger partial charge on any atom is 0.141 e. The number of nitrogens with one attached hydrogen (secondary N) is 1. The second kappa shape index (κ2) is 4.92. The van der Waals surface area contributed by atoms with Crippen molar-refractivity contribution in [3.05, 3.63) is 38.3 Å². The highest BCUT2D eigenvalue weighted by Crippen LogP contribution is 2.30. The van der Waals surface area contributed by atoms with Gasteiger partial charge < -0.3 is 5.32 Å². The first-order valence-electron chi connectivity index (χ1n) is 4.98. The third-order valence-corrected chi connectivity index (χ3v) is 4.11. The van der Waals surface area contributed by atoms with Crippen molar-refractivity contribution in [2.24, 2.45) is 0 Å². The number of pyridine rings is 1. The normalized spacial score (nSPS) is 11.5. The van der Waals surface area contributed by atoms with Gasteiger partial charge in [0.05, 0.1) is 15.0 Å². The van der Waals surface area contributed by atoms with Crippen LogP contribution in [0.1, 0.15) is 18.9 Å². The number of aromatic nitrogens is 2. The summed E-state index contributed by atoms with van der Waals surface area (Å²) in [6.45, 7) is 4.13. The molecule has 17 heavy (non-hydrogen) atoms. The van der Waals surface area contributed by atoms with Crippen LogP contribution in [0.4, 0.5) is 5.82 Å². The van der Waals surface area contributed by atoms with Gasteiger partial charge >= 0.3 is 0 Å². The molecule has 0 aliphatic rings. The van der Waals surface area contributed by atoms with E-state index in [4.69, 9.17) is 11.6 Å². The Morgan fingerprint density at radius 2 is 2.18 bits per heavy atom. The minimum absolute atomic E-state index is 0.266. The number of nitrogens with zero attached hydrogens (tertiary/aromatic N) is 2. The predicted octanol–water partition coefficient (Wildman–Crippen LogP) is 4.30. The van der Waals surface area contributed by atoms with Crippen LogP contribution < -0.4 is 5.32 Å². The Bertz CT molecular complexity index is 513. The van der Waals surface area contributed by atoms with Crippen LogP contribution in [0.15, 0.2) is 28.3 Å². The largest absolute Gasteiger partial charge is 0.358 e. The SMILES string of the molecule is CC(C)(Nc1ncc(Cl)cc1Br)c1nccs1. The summed E-state index contributed by atoms with van der Waals surface area (Å²) in [6, 6.07) is 1.81. The maximum atomic E-state index is 5.86. The van der Waals surface area contributed by atoms with Gasteiger partial charge in [-0.2, -0.15) is 0 Å². The molecule has 3 nitrogen and oxygen atoms in total. The van der Waals surface area contributed by atoms with E-state index in [-0.39, 0.29) is 5.54 Å². The molecule has 2 aromatic rings. The minimum atomic E-state index is -0.266. The summed E-state index contributed by atoms with van der Waals surface area (Å²) < 4.78 is 0.842. The molecule has 1 N–H and O–H groups in total. The Morgan fingerprint density at radius 3 is 2.76 bits per heavy atom. The quantitative estimate of drug-likeness (QED) is 0.910. The summed E-state index contributed by atoms with van der Waals surface area (Å²) in [5, 5.41) is 6.93. The molecule has 2 aromatic heterocycles. The molecular formula is C11H11BrClN3S. The van der Waals surface area contributed by atoms with E-state index >= 15 is 0 Å². The molecule has 0 radical (unpaired) electrons. The van der Waals surface area contributed by atoms with Gasteiger partial charge in [-0.1, -0.05) is 11.6 Å². The lowest BCUT2D eigenvalue weighted by Crippen LogP contribution is -2.28. The first-order valence-corrected chi connectivity index (χ1v) is 7.03. The second-order valence-electron chi connectivity index (χ2n) is 4.07. The molecule has 0 saturated carbocycles. The monoisotopic (exact) mass is 331 g/mol. The fourth-order valence-electron chi connectivity index (χ4n) is 1.39. The molecule has 0 saturated heterocycles. The van der Waals surface area contributed by atoms with E-state index in [2.05, 4.69) is 45.1 Å². The van der Waals surface area contributed by atoms with Gasteiger partial charge in [0.15, 0.2) is 0 Å². The van der Waals surface area contributed by atoms with Crippen LogP contribution in [-0.2, 0) is 5.54 Å². The van der Waals surface area contributed by atoms with Crippen molar-refractivity contribution < 1.29 is 0 Å². The van der Waals surface area contributed by atoms with Crippen molar-refractivity contribution in [1.29, 1.82) is 0 Å². The molecule has 2 heterocycles. The van der Waals surface area contributed by atoms with Crippen LogP contribution in [-0.4, -0.2) is 9.97 Å². The highest BCUT2D eigenvalue weighted by Gasteiger charge is 2.24. The lowest BCUT2D eigenvalue weighted by atomic mass is 10.1. The number of hydrogen-bond acceptors (Lipinski definition) is 4. The molecule has 0 fully saturated rings. The van der Waals surface area contributed by atoms with Crippen LogP contribution in [0.2, 0.25) is 5.02 Å². The Hall–Kier alpha value is -0.650. The van der Waals surface area contributed by atoms with Crippen molar-refractivity contribution in [3.8, 4) is 0 Å². The predicted molar refractivity (Wildman–Crippen MR) is 75.7 cm³/mol. The highest BCUT2D eigenvalue weighted by molar-refractivity contribution is 9.10. The number of thiazole rings is 1.